The van der Waals surface area contributed by atoms with Crippen molar-refractivity contribution in [3.8, 4) is 0 Å². The van der Waals surface area contributed by atoms with E-state index in [9.17, 15) is 14.9 Å². The summed E-state index contributed by atoms with van der Waals surface area (Å²) < 4.78 is 0. The molecule has 1 aromatic carbocycles. The van der Waals surface area contributed by atoms with Crippen molar-refractivity contribution in [2.45, 2.75) is 19.3 Å². The van der Waals surface area contributed by atoms with E-state index in [4.69, 9.17) is 0 Å². The summed E-state index contributed by atoms with van der Waals surface area (Å²) in [6.07, 6.45) is 2.25. The van der Waals surface area contributed by atoms with Gasteiger partial charge in [-0.3, -0.25) is 14.9 Å². The van der Waals surface area contributed by atoms with Crippen molar-refractivity contribution < 1.29 is 9.72 Å². The molecular weight excluding hydrogens is 208 g/mol. The first-order valence-corrected chi connectivity index (χ1v) is 5.24. The predicted octanol–water partition coefficient (Wildman–Crippen LogP) is 2.11. The van der Waals surface area contributed by atoms with E-state index in [1.807, 2.05) is 0 Å². The Kier molecular flexibility index (Phi) is 2.85. The summed E-state index contributed by atoms with van der Waals surface area (Å²) >= 11 is 0. The maximum atomic E-state index is 11.7. The smallest absolute Gasteiger partial charge is 0.292 e. The highest BCUT2D eigenvalue weighted by atomic mass is 16.6. The molecule has 16 heavy (non-hydrogen) atoms. The summed E-state index contributed by atoms with van der Waals surface area (Å²) in [6.45, 7) is 0.573. The van der Waals surface area contributed by atoms with Crippen LogP contribution in [0.15, 0.2) is 24.3 Å². The molecule has 5 heteroatoms. The zero-order chi connectivity index (χ0) is 11.5. The van der Waals surface area contributed by atoms with Gasteiger partial charge < -0.3 is 4.90 Å². The van der Waals surface area contributed by atoms with E-state index < -0.39 is 4.92 Å². The standard InChI is InChI=1S/C11H12N2O3/c14-11-7-3-4-8-12(11)9-5-1-2-6-10(9)13(15)16/h1-2,5-6H,3-4,7-8H2. The van der Waals surface area contributed by atoms with Gasteiger partial charge in [0.05, 0.1) is 4.92 Å². The van der Waals surface area contributed by atoms with Crippen LogP contribution < -0.4 is 4.90 Å². The number of para-hydroxylation sites is 2. The first-order valence-electron chi connectivity index (χ1n) is 5.24. The molecule has 0 aromatic heterocycles. The quantitative estimate of drug-likeness (QED) is 0.566. The highest BCUT2D eigenvalue weighted by molar-refractivity contribution is 5.96. The van der Waals surface area contributed by atoms with Crippen molar-refractivity contribution in [3.05, 3.63) is 34.4 Å². The summed E-state index contributed by atoms with van der Waals surface area (Å²) in [5, 5.41) is 10.8. The van der Waals surface area contributed by atoms with Gasteiger partial charge in [0.15, 0.2) is 0 Å². The van der Waals surface area contributed by atoms with Crippen molar-refractivity contribution in [2.24, 2.45) is 0 Å². The predicted molar refractivity (Wildman–Crippen MR) is 59.3 cm³/mol. The Morgan fingerprint density at radius 1 is 1.25 bits per heavy atom. The Labute approximate surface area is 92.8 Å². The minimum atomic E-state index is -0.447. The molecule has 0 saturated carbocycles. The number of hydrogen-bond donors (Lipinski definition) is 0. The Bertz CT molecular complexity index is 431. The Morgan fingerprint density at radius 2 is 2.00 bits per heavy atom. The second-order valence-corrected chi connectivity index (χ2v) is 3.75. The third kappa shape index (κ3) is 1.88. The maximum absolute atomic E-state index is 11.7. The normalized spacial score (nSPS) is 16.2. The third-order valence-electron chi connectivity index (χ3n) is 2.69. The number of benzene rings is 1. The number of piperidine rings is 1. The average Bonchev–Trinajstić information content (AvgIpc) is 2.29. The monoisotopic (exact) mass is 220 g/mol. The van der Waals surface area contributed by atoms with Crippen molar-refractivity contribution >= 4 is 17.3 Å². The molecule has 0 aliphatic carbocycles. The van der Waals surface area contributed by atoms with Crippen LogP contribution in [-0.2, 0) is 4.79 Å². The Morgan fingerprint density at radius 3 is 2.69 bits per heavy atom. The molecule has 1 aliphatic heterocycles. The molecule has 0 radical (unpaired) electrons. The summed E-state index contributed by atoms with van der Waals surface area (Å²) in [6, 6.07) is 6.37. The molecule has 0 spiro atoms. The molecule has 1 fully saturated rings. The van der Waals surface area contributed by atoms with Crippen LogP contribution in [-0.4, -0.2) is 17.4 Å². The van der Waals surface area contributed by atoms with Gasteiger partial charge in [0.25, 0.3) is 5.69 Å². The Balaban J connectivity index is 2.38. The molecule has 5 nitrogen and oxygen atoms in total. The molecule has 1 aliphatic rings. The summed E-state index contributed by atoms with van der Waals surface area (Å²) in [7, 11) is 0. The van der Waals surface area contributed by atoms with E-state index in [0.717, 1.165) is 12.8 Å². The number of nitrogens with zero attached hydrogens (tertiary/aromatic N) is 2. The van der Waals surface area contributed by atoms with Gasteiger partial charge in [-0.25, -0.2) is 0 Å². The largest absolute Gasteiger partial charge is 0.306 e. The molecule has 0 atom stereocenters. The van der Waals surface area contributed by atoms with Crippen LogP contribution in [0.4, 0.5) is 11.4 Å². The fourth-order valence-electron chi connectivity index (χ4n) is 1.91. The highest BCUT2D eigenvalue weighted by Gasteiger charge is 2.25. The lowest BCUT2D eigenvalue weighted by Crippen LogP contribution is -2.35. The van der Waals surface area contributed by atoms with E-state index >= 15 is 0 Å². The van der Waals surface area contributed by atoms with Gasteiger partial charge in [-0.15, -0.1) is 0 Å². The second-order valence-electron chi connectivity index (χ2n) is 3.75. The lowest BCUT2D eigenvalue weighted by molar-refractivity contribution is -0.384. The van der Waals surface area contributed by atoms with Gasteiger partial charge in [-0.05, 0) is 18.9 Å². The molecule has 84 valence electrons. The zero-order valence-corrected chi connectivity index (χ0v) is 8.76. The van der Waals surface area contributed by atoms with Gasteiger partial charge in [0, 0.05) is 19.0 Å². The number of rotatable bonds is 2. The van der Waals surface area contributed by atoms with Crippen LogP contribution in [0.2, 0.25) is 0 Å². The fraction of sp³-hybridized carbons (Fsp3) is 0.364. The van der Waals surface area contributed by atoms with Crippen molar-refractivity contribution in [3.63, 3.8) is 0 Å². The van der Waals surface area contributed by atoms with Gasteiger partial charge in [0.1, 0.15) is 5.69 Å². The molecule has 1 amide bonds. The molecule has 2 rings (SSSR count). The lowest BCUT2D eigenvalue weighted by Gasteiger charge is -2.26. The number of carbonyl (C=O) groups is 1. The highest BCUT2D eigenvalue weighted by Crippen LogP contribution is 2.30. The molecule has 1 saturated heterocycles. The van der Waals surface area contributed by atoms with Crippen molar-refractivity contribution in [1.82, 2.24) is 0 Å². The van der Waals surface area contributed by atoms with Gasteiger partial charge in [-0.2, -0.15) is 0 Å². The number of hydrogen-bond acceptors (Lipinski definition) is 3. The zero-order valence-electron chi connectivity index (χ0n) is 8.76. The van der Waals surface area contributed by atoms with Crippen LogP contribution in [0.1, 0.15) is 19.3 Å². The second kappa shape index (κ2) is 4.30. The van der Waals surface area contributed by atoms with Crippen LogP contribution in [0.3, 0.4) is 0 Å². The summed E-state index contributed by atoms with van der Waals surface area (Å²) in [4.78, 5) is 23.6. The Hall–Kier alpha value is -1.91. The van der Waals surface area contributed by atoms with Crippen LogP contribution in [0.5, 0.6) is 0 Å². The van der Waals surface area contributed by atoms with E-state index in [1.165, 1.54) is 11.0 Å². The number of amides is 1. The van der Waals surface area contributed by atoms with E-state index in [0.29, 0.717) is 18.7 Å². The fourth-order valence-corrected chi connectivity index (χ4v) is 1.91. The SMILES string of the molecule is O=C1CCCCN1c1ccccc1[N+](=O)[O-]. The van der Waals surface area contributed by atoms with Gasteiger partial charge in [-0.1, -0.05) is 12.1 Å². The summed E-state index contributed by atoms with van der Waals surface area (Å²) in [5.41, 5.74) is 0.412. The van der Waals surface area contributed by atoms with Crippen LogP contribution >= 0.6 is 0 Å². The number of nitro benzene ring substituents is 1. The summed E-state index contributed by atoms with van der Waals surface area (Å²) in [5.74, 6) is -0.0273. The lowest BCUT2D eigenvalue weighted by atomic mass is 10.1. The molecule has 1 aromatic rings. The minimum Gasteiger partial charge on any atom is -0.306 e. The third-order valence-corrected chi connectivity index (χ3v) is 2.69. The van der Waals surface area contributed by atoms with E-state index in [-0.39, 0.29) is 11.6 Å². The molecule has 0 N–H and O–H groups in total. The topological polar surface area (TPSA) is 63.5 Å². The first kappa shape index (κ1) is 10.6. The number of carbonyl (C=O) groups excluding carboxylic acids is 1. The first-order chi connectivity index (χ1) is 7.70. The van der Waals surface area contributed by atoms with Gasteiger partial charge >= 0.3 is 0 Å². The van der Waals surface area contributed by atoms with Gasteiger partial charge in [0.2, 0.25) is 5.91 Å². The average molecular weight is 220 g/mol. The van der Waals surface area contributed by atoms with Crippen LogP contribution in [0.25, 0.3) is 0 Å². The van der Waals surface area contributed by atoms with Crippen molar-refractivity contribution in [2.75, 3.05) is 11.4 Å². The number of nitro groups is 1. The van der Waals surface area contributed by atoms with E-state index in [2.05, 4.69) is 0 Å². The minimum absolute atomic E-state index is 0.00208. The van der Waals surface area contributed by atoms with E-state index in [1.54, 1.807) is 18.2 Å². The number of anilines is 1. The molecule has 1 heterocycles. The van der Waals surface area contributed by atoms with Crippen LogP contribution in [0, 0.1) is 10.1 Å². The maximum Gasteiger partial charge on any atom is 0.292 e. The molecular formula is C11H12N2O3. The molecule has 0 bridgehead atoms. The molecule has 0 unspecified atom stereocenters. The van der Waals surface area contributed by atoms with Crippen molar-refractivity contribution in [1.29, 1.82) is 0 Å².